The minimum absolute atomic E-state index is 0.149. The quantitative estimate of drug-likeness (QED) is 0.940. The average Bonchev–Trinajstić information content (AvgIpc) is 2.41. The molecule has 0 atom stereocenters. The molecule has 0 aromatic heterocycles. The smallest absolute Gasteiger partial charge is 0.262 e. The topological polar surface area (TPSA) is 55.4 Å². The zero-order valence-electron chi connectivity index (χ0n) is 11.1. The Hall–Kier alpha value is -1.72. The number of benzene rings is 2. The van der Waals surface area contributed by atoms with Crippen molar-refractivity contribution in [2.24, 2.45) is 0 Å². The summed E-state index contributed by atoms with van der Waals surface area (Å²) < 4.78 is 32.5. The molecule has 4 nitrogen and oxygen atoms in total. The van der Waals surface area contributed by atoms with Gasteiger partial charge in [-0.25, -0.2) is 8.42 Å². The number of rotatable bonds is 4. The minimum Gasteiger partial charge on any atom is -0.495 e. The maximum Gasteiger partial charge on any atom is 0.262 e. The van der Waals surface area contributed by atoms with Crippen LogP contribution >= 0.6 is 11.6 Å². The largest absolute Gasteiger partial charge is 0.495 e. The lowest BCUT2D eigenvalue weighted by atomic mass is 10.2. The van der Waals surface area contributed by atoms with Crippen LogP contribution in [-0.2, 0) is 10.0 Å². The number of hydrogen-bond donors (Lipinski definition) is 1. The molecule has 0 saturated carbocycles. The summed E-state index contributed by atoms with van der Waals surface area (Å²) in [6.07, 6.45) is 0. The lowest BCUT2D eigenvalue weighted by Gasteiger charge is -2.13. The summed E-state index contributed by atoms with van der Waals surface area (Å²) >= 11 is 5.87. The molecule has 2 aromatic rings. The average molecular weight is 312 g/mol. The second-order valence-electron chi connectivity index (χ2n) is 4.22. The maximum absolute atomic E-state index is 12.4. The van der Waals surface area contributed by atoms with Crippen molar-refractivity contribution >= 4 is 27.3 Å². The highest BCUT2D eigenvalue weighted by Crippen LogP contribution is 2.28. The van der Waals surface area contributed by atoms with E-state index >= 15 is 0 Å². The molecule has 0 heterocycles. The van der Waals surface area contributed by atoms with Gasteiger partial charge >= 0.3 is 0 Å². The zero-order chi connectivity index (χ0) is 14.8. The number of aryl methyl sites for hydroxylation is 1. The van der Waals surface area contributed by atoms with Gasteiger partial charge in [-0.2, -0.15) is 0 Å². The Morgan fingerprint density at radius 3 is 2.55 bits per heavy atom. The van der Waals surface area contributed by atoms with E-state index in [-0.39, 0.29) is 4.90 Å². The van der Waals surface area contributed by atoms with Crippen LogP contribution in [0.5, 0.6) is 5.75 Å². The first-order chi connectivity index (χ1) is 9.44. The van der Waals surface area contributed by atoms with Gasteiger partial charge in [0, 0.05) is 5.02 Å². The summed E-state index contributed by atoms with van der Waals surface area (Å²) in [4.78, 5) is 0.149. The van der Waals surface area contributed by atoms with Gasteiger partial charge in [0.1, 0.15) is 5.75 Å². The van der Waals surface area contributed by atoms with Crippen LogP contribution in [0.15, 0.2) is 47.4 Å². The van der Waals surface area contributed by atoms with Crippen LogP contribution in [0.1, 0.15) is 5.56 Å². The molecule has 0 spiro atoms. The summed E-state index contributed by atoms with van der Waals surface area (Å²) in [6.45, 7) is 1.72. The number of para-hydroxylation sites is 2. The number of hydrogen-bond acceptors (Lipinski definition) is 3. The molecule has 106 valence electrons. The third-order valence-electron chi connectivity index (χ3n) is 2.79. The Balaban J connectivity index is 2.43. The molecule has 0 aliphatic rings. The predicted molar refractivity (Wildman–Crippen MR) is 80.0 cm³/mol. The molecular formula is C14H14ClNO3S. The van der Waals surface area contributed by atoms with Crippen molar-refractivity contribution < 1.29 is 13.2 Å². The summed E-state index contributed by atoms with van der Waals surface area (Å²) in [7, 11) is -2.23. The molecule has 0 aliphatic carbocycles. The molecule has 0 amide bonds. The van der Waals surface area contributed by atoms with Gasteiger partial charge in [0.15, 0.2) is 0 Å². The van der Waals surface area contributed by atoms with E-state index in [0.717, 1.165) is 0 Å². The molecule has 0 unspecified atom stereocenters. The van der Waals surface area contributed by atoms with Gasteiger partial charge < -0.3 is 4.74 Å². The second-order valence-corrected chi connectivity index (χ2v) is 6.30. The van der Waals surface area contributed by atoms with E-state index in [9.17, 15) is 8.42 Å². The van der Waals surface area contributed by atoms with Gasteiger partial charge in [-0.3, -0.25) is 4.72 Å². The highest BCUT2D eigenvalue weighted by molar-refractivity contribution is 7.92. The first-order valence-electron chi connectivity index (χ1n) is 5.86. The van der Waals surface area contributed by atoms with E-state index in [1.54, 1.807) is 43.3 Å². The van der Waals surface area contributed by atoms with E-state index in [1.807, 2.05) is 0 Å². The highest BCUT2D eigenvalue weighted by atomic mass is 35.5. The lowest BCUT2D eigenvalue weighted by molar-refractivity contribution is 0.417. The molecule has 2 aromatic carbocycles. The van der Waals surface area contributed by atoms with Crippen LogP contribution < -0.4 is 9.46 Å². The minimum atomic E-state index is -3.71. The molecule has 0 radical (unpaired) electrons. The molecule has 0 bridgehead atoms. The van der Waals surface area contributed by atoms with Crippen LogP contribution in [0, 0.1) is 6.92 Å². The van der Waals surface area contributed by atoms with Crippen molar-refractivity contribution in [3.05, 3.63) is 53.1 Å². The van der Waals surface area contributed by atoms with Crippen LogP contribution in [0.3, 0.4) is 0 Å². The third-order valence-corrected chi connectivity index (χ3v) is 4.53. The monoisotopic (exact) mass is 311 g/mol. The summed E-state index contributed by atoms with van der Waals surface area (Å²) in [5.74, 6) is 0.454. The van der Waals surface area contributed by atoms with Gasteiger partial charge in [0.2, 0.25) is 0 Å². The van der Waals surface area contributed by atoms with Crippen molar-refractivity contribution in [2.75, 3.05) is 11.8 Å². The molecular weight excluding hydrogens is 298 g/mol. The van der Waals surface area contributed by atoms with Crippen LogP contribution in [-0.4, -0.2) is 15.5 Å². The van der Waals surface area contributed by atoms with Gasteiger partial charge in [0.25, 0.3) is 10.0 Å². The Bertz CT molecular complexity index is 729. The number of halogens is 1. The fourth-order valence-electron chi connectivity index (χ4n) is 1.79. The SMILES string of the molecule is COc1ccccc1NS(=O)(=O)c1cc(Cl)ccc1C. The zero-order valence-corrected chi connectivity index (χ0v) is 12.6. The first-order valence-corrected chi connectivity index (χ1v) is 7.72. The molecule has 2 rings (SSSR count). The summed E-state index contributed by atoms with van der Waals surface area (Å²) in [5.41, 5.74) is 1.01. The van der Waals surface area contributed by atoms with Gasteiger partial charge in [-0.05, 0) is 36.8 Å². The third kappa shape index (κ3) is 3.05. The number of sulfonamides is 1. The van der Waals surface area contributed by atoms with Crippen molar-refractivity contribution in [2.45, 2.75) is 11.8 Å². The fraction of sp³-hybridized carbons (Fsp3) is 0.143. The molecule has 1 N–H and O–H groups in total. The number of ether oxygens (including phenoxy) is 1. The van der Waals surface area contributed by atoms with Crippen molar-refractivity contribution in [1.82, 2.24) is 0 Å². The van der Waals surface area contributed by atoms with Gasteiger partial charge in [-0.15, -0.1) is 0 Å². The molecule has 20 heavy (non-hydrogen) atoms. The van der Waals surface area contributed by atoms with Crippen molar-refractivity contribution in [3.63, 3.8) is 0 Å². The Labute approximate surface area is 123 Å². The van der Waals surface area contributed by atoms with E-state index in [1.165, 1.54) is 13.2 Å². The Morgan fingerprint density at radius 2 is 1.85 bits per heavy atom. The maximum atomic E-state index is 12.4. The van der Waals surface area contributed by atoms with E-state index < -0.39 is 10.0 Å². The predicted octanol–water partition coefficient (Wildman–Crippen LogP) is 3.46. The molecule has 0 saturated heterocycles. The molecule has 0 aliphatic heterocycles. The Morgan fingerprint density at radius 1 is 1.15 bits per heavy atom. The van der Waals surface area contributed by atoms with E-state index in [4.69, 9.17) is 16.3 Å². The normalized spacial score (nSPS) is 11.2. The van der Waals surface area contributed by atoms with E-state index in [0.29, 0.717) is 22.0 Å². The first kappa shape index (κ1) is 14.7. The number of anilines is 1. The highest BCUT2D eigenvalue weighted by Gasteiger charge is 2.18. The van der Waals surface area contributed by atoms with Gasteiger partial charge in [0.05, 0.1) is 17.7 Å². The summed E-state index contributed by atoms with van der Waals surface area (Å²) in [6, 6.07) is 11.6. The Kier molecular flexibility index (Phi) is 4.20. The molecule has 0 fully saturated rings. The van der Waals surface area contributed by atoms with Crippen LogP contribution in [0.4, 0.5) is 5.69 Å². The van der Waals surface area contributed by atoms with Crippen LogP contribution in [0.2, 0.25) is 5.02 Å². The van der Waals surface area contributed by atoms with E-state index in [2.05, 4.69) is 4.72 Å². The summed E-state index contributed by atoms with van der Waals surface area (Å²) in [5, 5.41) is 0.371. The standard InChI is InChI=1S/C14H14ClNO3S/c1-10-7-8-11(15)9-14(10)20(17,18)16-12-5-3-4-6-13(12)19-2/h3-9,16H,1-2H3. The molecule has 6 heteroatoms. The van der Waals surface area contributed by atoms with Crippen LogP contribution in [0.25, 0.3) is 0 Å². The number of methoxy groups -OCH3 is 1. The second kappa shape index (κ2) is 5.73. The number of nitrogens with one attached hydrogen (secondary N) is 1. The van der Waals surface area contributed by atoms with Crippen molar-refractivity contribution in [3.8, 4) is 5.75 Å². The van der Waals surface area contributed by atoms with Gasteiger partial charge in [-0.1, -0.05) is 29.8 Å². The fourth-order valence-corrected chi connectivity index (χ4v) is 3.37. The van der Waals surface area contributed by atoms with Crippen molar-refractivity contribution in [1.29, 1.82) is 0 Å². The lowest BCUT2D eigenvalue weighted by Crippen LogP contribution is -2.14.